The van der Waals surface area contributed by atoms with Gasteiger partial charge in [-0.25, -0.2) is 8.42 Å². The summed E-state index contributed by atoms with van der Waals surface area (Å²) in [6.45, 7) is 0.844. The average molecular weight is 325 g/mol. The fourth-order valence-corrected chi connectivity index (χ4v) is 4.91. The van der Waals surface area contributed by atoms with Gasteiger partial charge in [-0.05, 0) is 17.7 Å². The molecule has 2 fully saturated rings. The van der Waals surface area contributed by atoms with Crippen LogP contribution in [-0.4, -0.2) is 63.1 Å². The molecular formula is C15H19NO5S. The van der Waals surface area contributed by atoms with Crippen molar-refractivity contribution in [2.45, 2.75) is 18.6 Å². The summed E-state index contributed by atoms with van der Waals surface area (Å²) in [4.78, 5) is 14.2. The summed E-state index contributed by atoms with van der Waals surface area (Å²) >= 11 is 0. The molecular weight excluding hydrogens is 306 g/mol. The van der Waals surface area contributed by atoms with Gasteiger partial charge in [0.15, 0.2) is 9.84 Å². The topological polar surface area (TPSA) is 72.9 Å². The number of nitrogens with zero attached hydrogens (tertiary/aromatic N) is 1. The maximum atomic E-state index is 12.5. The summed E-state index contributed by atoms with van der Waals surface area (Å²) in [5.41, 5.74) is 0.884. The molecule has 22 heavy (non-hydrogen) atoms. The first-order valence-electron chi connectivity index (χ1n) is 7.23. The molecule has 0 saturated carbocycles. The first kappa shape index (κ1) is 15.3. The van der Waals surface area contributed by atoms with Crippen molar-refractivity contribution in [3.05, 3.63) is 29.8 Å². The van der Waals surface area contributed by atoms with Crippen molar-refractivity contribution in [1.82, 2.24) is 4.90 Å². The SMILES string of the molecule is COc1ccc(CC(=O)N2CCOC3CS(=O)(=O)CC32)cc1. The number of fused-ring (bicyclic) bond motifs is 1. The third kappa shape index (κ3) is 3.10. The van der Waals surface area contributed by atoms with Crippen molar-refractivity contribution in [2.75, 3.05) is 31.8 Å². The zero-order chi connectivity index (χ0) is 15.7. The number of rotatable bonds is 3. The Bertz CT molecular complexity index is 655. The van der Waals surface area contributed by atoms with Crippen molar-refractivity contribution in [1.29, 1.82) is 0 Å². The van der Waals surface area contributed by atoms with Crippen LogP contribution in [0.2, 0.25) is 0 Å². The Kier molecular flexibility index (Phi) is 4.10. The predicted molar refractivity (Wildman–Crippen MR) is 80.6 cm³/mol. The number of ether oxygens (including phenoxy) is 2. The second kappa shape index (κ2) is 5.89. The molecule has 2 unspecified atom stereocenters. The molecule has 1 aromatic rings. The molecule has 0 aromatic heterocycles. The Morgan fingerprint density at radius 1 is 1.32 bits per heavy atom. The standard InChI is InChI=1S/C15H19NO5S/c1-20-12-4-2-11(3-5-12)8-15(17)16-6-7-21-14-10-22(18,19)9-13(14)16/h2-5,13-14H,6-10H2,1H3. The largest absolute Gasteiger partial charge is 0.497 e. The fourth-order valence-electron chi connectivity index (χ4n) is 3.04. The molecule has 3 rings (SSSR count). The summed E-state index contributed by atoms with van der Waals surface area (Å²) < 4.78 is 34.1. The first-order valence-corrected chi connectivity index (χ1v) is 9.05. The van der Waals surface area contributed by atoms with Gasteiger partial charge in [-0.15, -0.1) is 0 Å². The molecule has 2 heterocycles. The van der Waals surface area contributed by atoms with Crippen LogP contribution in [0.25, 0.3) is 0 Å². The van der Waals surface area contributed by atoms with Gasteiger partial charge in [0.05, 0.1) is 43.8 Å². The van der Waals surface area contributed by atoms with Crippen molar-refractivity contribution in [3.8, 4) is 5.75 Å². The molecule has 1 aromatic carbocycles. The van der Waals surface area contributed by atoms with Gasteiger partial charge < -0.3 is 14.4 Å². The molecule has 2 aliphatic rings. The molecule has 2 aliphatic heterocycles. The maximum absolute atomic E-state index is 12.5. The lowest BCUT2D eigenvalue weighted by molar-refractivity contribution is -0.142. The van der Waals surface area contributed by atoms with Gasteiger partial charge in [0.2, 0.25) is 5.91 Å². The van der Waals surface area contributed by atoms with Gasteiger partial charge in [-0.1, -0.05) is 12.1 Å². The van der Waals surface area contributed by atoms with Crippen LogP contribution in [0.15, 0.2) is 24.3 Å². The van der Waals surface area contributed by atoms with E-state index >= 15 is 0 Å². The first-order chi connectivity index (χ1) is 10.5. The molecule has 0 spiro atoms. The Labute approximate surface area is 129 Å². The normalized spacial score (nSPS) is 26.5. The number of methoxy groups -OCH3 is 1. The lowest BCUT2D eigenvalue weighted by Gasteiger charge is -2.36. The molecule has 0 aliphatic carbocycles. The third-order valence-electron chi connectivity index (χ3n) is 4.17. The van der Waals surface area contributed by atoms with Crippen LogP contribution in [0.1, 0.15) is 5.56 Å². The second-order valence-corrected chi connectivity index (χ2v) is 7.82. The summed E-state index contributed by atoms with van der Waals surface area (Å²) in [6.07, 6.45) is -0.119. The van der Waals surface area contributed by atoms with Crippen molar-refractivity contribution in [3.63, 3.8) is 0 Å². The van der Waals surface area contributed by atoms with E-state index in [9.17, 15) is 13.2 Å². The number of sulfone groups is 1. The average Bonchev–Trinajstić information content (AvgIpc) is 2.81. The van der Waals surface area contributed by atoms with E-state index < -0.39 is 9.84 Å². The summed E-state index contributed by atoms with van der Waals surface area (Å²) in [5, 5.41) is 0. The minimum absolute atomic E-state index is 0.00597. The molecule has 0 radical (unpaired) electrons. The van der Waals surface area contributed by atoms with Gasteiger partial charge in [0.1, 0.15) is 5.75 Å². The van der Waals surface area contributed by atoms with Crippen LogP contribution in [-0.2, 0) is 25.8 Å². The zero-order valence-electron chi connectivity index (χ0n) is 12.4. The van der Waals surface area contributed by atoms with E-state index in [1.807, 2.05) is 24.3 Å². The van der Waals surface area contributed by atoms with Gasteiger partial charge >= 0.3 is 0 Å². The quantitative estimate of drug-likeness (QED) is 0.797. The van der Waals surface area contributed by atoms with Gasteiger partial charge in [0, 0.05) is 6.54 Å². The number of hydrogen-bond donors (Lipinski definition) is 0. The molecule has 7 heteroatoms. The van der Waals surface area contributed by atoms with Crippen LogP contribution in [0, 0.1) is 0 Å². The Hall–Kier alpha value is -1.60. The van der Waals surface area contributed by atoms with Crippen LogP contribution in [0.5, 0.6) is 5.75 Å². The summed E-state index contributed by atoms with van der Waals surface area (Å²) in [6, 6.07) is 6.97. The third-order valence-corrected chi connectivity index (χ3v) is 5.86. The number of carbonyl (C=O) groups excluding carboxylic acids is 1. The highest BCUT2D eigenvalue weighted by Gasteiger charge is 2.45. The van der Waals surface area contributed by atoms with E-state index in [1.165, 1.54) is 0 Å². The van der Waals surface area contributed by atoms with E-state index in [4.69, 9.17) is 9.47 Å². The zero-order valence-corrected chi connectivity index (χ0v) is 13.2. The van der Waals surface area contributed by atoms with E-state index in [2.05, 4.69) is 0 Å². The molecule has 0 N–H and O–H groups in total. The molecule has 120 valence electrons. The van der Waals surface area contributed by atoms with Crippen LogP contribution >= 0.6 is 0 Å². The number of morpholine rings is 1. The monoisotopic (exact) mass is 325 g/mol. The molecule has 2 saturated heterocycles. The Morgan fingerprint density at radius 3 is 2.73 bits per heavy atom. The lowest BCUT2D eigenvalue weighted by Crippen LogP contribution is -2.53. The Balaban J connectivity index is 1.71. The van der Waals surface area contributed by atoms with Crippen LogP contribution < -0.4 is 4.74 Å². The van der Waals surface area contributed by atoms with E-state index in [0.717, 1.165) is 11.3 Å². The number of amides is 1. The highest BCUT2D eigenvalue weighted by atomic mass is 32.2. The molecule has 1 amide bonds. The van der Waals surface area contributed by atoms with Gasteiger partial charge in [-0.2, -0.15) is 0 Å². The van der Waals surface area contributed by atoms with E-state index in [0.29, 0.717) is 13.2 Å². The van der Waals surface area contributed by atoms with E-state index in [1.54, 1.807) is 12.0 Å². The van der Waals surface area contributed by atoms with Crippen LogP contribution in [0.3, 0.4) is 0 Å². The summed E-state index contributed by atoms with van der Waals surface area (Å²) in [7, 11) is -1.52. The van der Waals surface area contributed by atoms with Crippen molar-refractivity contribution >= 4 is 15.7 Å². The number of hydrogen-bond acceptors (Lipinski definition) is 5. The van der Waals surface area contributed by atoms with Crippen molar-refractivity contribution < 1.29 is 22.7 Å². The highest BCUT2D eigenvalue weighted by molar-refractivity contribution is 7.91. The fraction of sp³-hybridized carbons (Fsp3) is 0.533. The Morgan fingerprint density at radius 2 is 2.05 bits per heavy atom. The molecule has 0 bridgehead atoms. The minimum Gasteiger partial charge on any atom is -0.497 e. The second-order valence-electron chi connectivity index (χ2n) is 5.67. The maximum Gasteiger partial charge on any atom is 0.227 e. The smallest absolute Gasteiger partial charge is 0.227 e. The highest BCUT2D eigenvalue weighted by Crippen LogP contribution is 2.25. The number of carbonyl (C=O) groups is 1. The lowest BCUT2D eigenvalue weighted by atomic mass is 10.1. The predicted octanol–water partition coefficient (Wildman–Crippen LogP) is 0.262. The molecule has 2 atom stereocenters. The minimum atomic E-state index is -3.11. The van der Waals surface area contributed by atoms with E-state index in [-0.39, 0.29) is 36.0 Å². The number of benzene rings is 1. The van der Waals surface area contributed by atoms with Crippen LogP contribution in [0.4, 0.5) is 0 Å². The summed E-state index contributed by atoms with van der Waals surface area (Å²) in [5.74, 6) is 0.709. The van der Waals surface area contributed by atoms with Gasteiger partial charge in [0.25, 0.3) is 0 Å². The molecule has 6 nitrogen and oxygen atoms in total. The van der Waals surface area contributed by atoms with Gasteiger partial charge in [-0.3, -0.25) is 4.79 Å². The van der Waals surface area contributed by atoms with Crippen molar-refractivity contribution in [2.24, 2.45) is 0 Å².